The van der Waals surface area contributed by atoms with Crippen LogP contribution in [0, 0.1) is 0 Å². The van der Waals surface area contributed by atoms with Crippen LogP contribution in [0.5, 0.6) is 0 Å². The van der Waals surface area contributed by atoms with Gasteiger partial charge in [-0.15, -0.1) is 0 Å². The molecule has 1 aromatic carbocycles. The first kappa shape index (κ1) is 15.6. The SMILES string of the molecule is NC(=O)c1cccc2c1-c1nc([nH]c1Cl)CCCCCC(=O)N2. The number of amides is 2. The molecule has 6 nitrogen and oxygen atoms in total. The van der Waals surface area contributed by atoms with E-state index in [-0.39, 0.29) is 11.5 Å². The van der Waals surface area contributed by atoms with Gasteiger partial charge in [0.15, 0.2) is 0 Å². The van der Waals surface area contributed by atoms with Gasteiger partial charge in [0.1, 0.15) is 16.7 Å². The van der Waals surface area contributed by atoms with E-state index < -0.39 is 5.91 Å². The maximum atomic E-state index is 12.1. The third-order valence-corrected chi connectivity index (χ3v) is 4.14. The van der Waals surface area contributed by atoms with Crippen molar-refractivity contribution in [3.8, 4) is 11.3 Å². The van der Waals surface area contributed by atoms with Crippen LogP contribution < -0.4 is 11.1 Å². The number of nitrogens with two attached hydrogens (primary N) is 1. The molecule has 4 N–H and O–H groups in total. The van der Waals surface area contributed by atoms with Crippen molar-refractivity contribution >= 4 is 29.1 Å². The van der Waals surface area contributed by atoms with Crippen LogP contribution in [-0.2, 0) is 11.2 Å². The topological polar surface area (TPSA) is 101 Å². The maximum absolute atomic E-state index is 12.1. The van der Waals surface area contributed by atoms with Gasteiger partial charge >= 0.3 is 0 Å². The Hall–Kier alpha value is -2.34. The van der Waals surface area contributed by atoms with E-state index in [1.807, 2.05) is 0 Å². The van der Waals surface area contributed by atoms with Gasteiger partial charge in [-0.05, 0) is 25.0 Å². The predicted molar refractivity (Wildman–Crippen MR) is 88.4 cm³/mol. The summed E-state index contributed by atoms with van der Waals surface area (Å²) in [5.41, 5.74) is 7.14. The van der Waals surface area contributed by atoms with Gasteiger partial charge in [0.05, 0.1) is 11.3 Å². The molecular weight excluding hydrogens is 316 g/mol. The number of aromatic amines is 1. The molecule has 0 aliphatic carbocycles. The van der Waals surface area contributed by atoms with Gasteiger partial charge in [-0.3, -0.25) is 9.59 Å². The van der Waals surface area contributed by atoms with Crippen LogP contribution >= 0.6 is 11.6 Å². The molecule has 3 rings (SSSR count). The molecule has 120 valence electrons. The Morgan fingerprint density at radius 2 is 2.00 bits per heavy atom. The van der Waals surface area contributed by atoms with Crippen molar-refractivity contribution in [1.82, 2.24) is 9.97 Å². The predicted octanol–water partition coefficient (Wildman–Crippen LogP) is 2.88. The number of halogens is 1. The van der Waals surface area contributed by atoms with Crippen molar-refractivity contribution in [1.29, 1.82) is 0 Å². The largest absolute Gasteiger partial charge is 0.366 e. The van der Waals surface area contributed by atoms with E-state index in [9.17, 15) is 9.59 Å². The molecule has 2 heterocycles. The number of fused-ring (bicyclic) bond motifs is 4. The monoisotopic (exact) mass is 332 g/mol. The molecule has 2 bridgehead atoms. The fourth-order valence-corrected chi connectivity index (χ4v) is 3.01. The lowest BCUT2D eigenvalue weighted by Crippen LogP contribution is -2.16. The Bertz CT molecular complexity index is 769. The Morgan fingerprint density at radius 3 is 2.78 bits per heavy atom. The number of benzene rings is 1. The van der Waals surface area contributed by atoms with Gasteiger partial charge < -0.3 is 16.0 Å². The fraction of sp³-hybridized carbons (Fsp3) is 0.312. The highest BCUT2D eigenvalue weighted by atomic mass is 35.5. The molecule has 0 spiro atoms. The third kappa shape index (κ3) is 3.22. The van der Waals surface area contributed by atoms with Crippen molar-refractivity contribution in [2.75, 3.05) is 5.32 Å². The minimum absolute atomic E-state index is 0.0969. The van der Waals surface area contributed by atoms with Crippen molar-refractivity contribution in [2.45, 2.75) is 32.1 Å². The minimum Gasteiger partial charge on any atom is -0.366 e. The second-order valence-corrected chi connectivity index (χ2v) is 5.93. The van der Waals surface area contributed by atoms with E-state index in [1.165, 1.54) is 0 Å². The van der Waals surface area contributed by atoms with Crippen LogP contribution in [0.3, 0.4) is 0 Å². The number of anilines is 1. The minimum atomic E-state index is -0.594. The second kappa shape index (κ2) is 6.42. The van der Waals surface area contributed by atoms with Crippen molar-refractivity contribution in [3.63, 3.8) is 0 Å². The number of carbonyl (C=O) groups excluding carboxylic acids is 2. The summed E-state index contributed by atoms with van der Waals surface area (Å²) in [5, 5.41) is 3.18. The molecule has 1 aromatic heterocycles. The molecule has 2 amide bonds. The van der Waals surface area contributed by atoms with E-state index >= 15 is 0 Å². The molecule has 0 radical (unpaired) electrons. The number of nitrogens with one attached hydrogen (secondary N) is 2. The summed E-state index contributed by atoms with van der Waals surface area (Å²) >= 11 is 6.28. The van der Waals surface area contributed by atoms with Crippen molar-refractivity contribution in [2.24, 2.45) is 5.73 Å². The zero-order chi connectivity index (χ0) is 16.4. The lowest BCUT2D eigenvalue weighted by atomic mass is 10.0. The van der Waals surface area contributed by atoms with Crippen molar-refractivity contribution < 1.29 is 9.59 Å². The van der Waals surface area contributed by atoms with Crippen LogP contribution in [-0.4, -0.2) is 21.8 Å². The zero-order valence-electron chi connectivity index (χ0n) is 12.5. The van der Waals surface area contributed by atoms with Crippen molar-refractivity contribution in [3.05, 3.63) is 34.7 Å². The quantitative estimate of drug-likeness (QED) is 0.748. The highest BCUT2D eigenvalue weighted by Gasteiger charge is 2.22. The number of rotatable bonds is 1. The lowest BCUT2D eigenvalue weighted by molar-refractivity contribution is -0.116. The first-order valence-electron chi connectivity index (χ1n) is 7.53. The lowest BCUT2D eigenvalue weighted by Gasteiger charge is -2.13. The van der Waals surface area contributed by atoms with Gasteiger partial charge in [-0.1, -0.05) is 24.1 Å². The number of aromatic nitrogens is 2. The number of imidazole rings is 1. The highest BCUT2D eigenvalue weighted by Crippen LogP contribution is 2.35. The van der Waals surface area contributed by atoms with E-state index in [4.69, 9.17) is 17.3 Å². The molecule has 1 aliphatic heterocycles. The maximum Gasteiger partial charge on any atom is 0.249 e. The number of primary amides is 1. The fourth-order valence-electron chi connectivity index (χ4n) is 2.77. The number of hydrogen-bond acceptors (Lipinski definition) is 3. The molecule has 7 heteroatoms. The summed E-state index contributed by atoms with van der Waals surface area (Å²) < 4.78 is 0. The van der Waals surface area contributed by atoms with E-state index in [0.717, 1.165) is 31.5 Å². The first-order valence-corrected chi connectivity index (χ1v) is 7.91. The number of carbonyl (C=O) groups is 2. The highest BCUT2D eigenvalue weighted by molar-refractivity contribution is 6.32. The Morgan fingerprint density at radius 1 is 1.22 bits per heavy atom. The number of aryl methyl sites for hydroxylation is 1. The molecule has 0 unspecified atom stereocenters. The summed E-state index contributed by atoms with van der Waals surface area (Å²) in [4.78, 5) is 31.4. The van der Waals surface area contributed by atoms with E-state index in [0.29, 0.717) is 28.5 Å². The molecule has 0 atom stereocenters. The number of H-pyrrole nitrogens is 1. The number of hydrogen-bond donors (Lipinski definition) is 3. The van der Waals surface area contributed by atoms with Gasteiger partial charge in [-0.25, -0.2) is 4.98 Å². The van der Waals surface area contributed by atoms with Gasteiger partial charge in [-0.2, -0.15) is 0 Å². The smallest absolute Gasteiger partial charge is 0.249 e. The van der Waals surface area contributed by atoms with Gasteiger partial charge in [0.25, 0.3) is 0 Å². The molecule has 0 saturated heterocycles. The van der Waals surface area contributed by atoms with Crippen LogP contribution in [0.25, 0.3) is 11.3 Å². The van der Waals surface area contributed by atoms with Crippen LogP contribution in [0.15, 0.2) is 18.2 Å². The van der Waals surface area contributed by atoms with E-state index in [2.05, 4.69) is 15.3 Å². The zero-order valence-corrected chi connectivity index (χ0v) is 13.2. The summed E-state index contributed by atoms with van der Waals surface area (Å²) in [6.07, 6.45) is 3.84. The molecule has 0 saturated carbocycles. The van der Waals surface area contributed by atoms with Gasteiger partial charge in [0.2, 0.25) is 11.8 Å². The summed E-state index contributed by atoms with van der Waals surface area (Å²) in [6.45, 7) is 0. The Balaban J connectivity index is 2.20. The first-order chi connectivity index (χ1) is 11.1. The second-order valence-electron chi connectivity index (χ2n) is 5.55. The molecule has 1 aliphatic rings. The average molecular weight is 333 g/mol. The third-order valence-electron chi connectivity index (χ3n) is 3.87. The Kier molecular flexibility index (Phi) is 4.34. The van der Waals surface area contributed by atoms with Crippen LogP contribution in [0.1, 0.15) is 41.9 Å². The van der Waals surface area contributed by atoms with Crippen LogP contribution in [0.4, 0.5) is 5.69 Å². The summed E-state index contributed by atoms with van der Waals surface area (Å²) in [7, 11) is 0. The average Bonchev–Trinajstić information content (AvgIpc) is 2.86. The molecular formula is C16H17ClN4O2. The summed E-state index contributed by atoms with van der Waals surface area (Å²) in [6, 6.07) is 4.99. The molecule has 23 heavy (non-hydrogen) atoms. The standard InChI is InChI=1S/C16H17ClN4O2/c17-15-14-13-9(16(18)23)5-4-6-10(13)19-12(22)8-3-1-2-7-11(20-14)21-15/h4-6H,1-3,7-8H2,(H2,18,23)(H,19,22)(H,20,21). The Labute approximate surface area is 138 Å². The molecule has 0 fully saturated rings. The summed E-state index contributed by atoms with van der Waals surface area (Å²) in [5.74, 6) is 0.0752. The van der Waals surface area contributed by atoms with Gasteiger partial charge in [0, 0.05) is 18.4 Å². The molecule has 2 aromatic rings. The van der Waals surface area contributed by atoms with Crippen LogP contribution in [0.2, 0.25) is 5.15 Å². The number of nitrogens with zero attached hydrogens (tertiary/aromatic N) is 1. The normalized spacial score (nSPS) is 15.1. The van der Waals surface area contributed by atoms with E-state index in [1.54, 1.807) is 18.2 Å².